The normalized spacial score (nSPS) is 9.73. The second kappa shape index (κ2) is 9.21. The number of benzene rings is 3. The summed E-state index contributed by atoms with van der Waals surface area (Å²) in [4.78, 5) is 8.81. The first kappa shape index (κ1) is 16.5. The summed E-state index contributed by atoms with van der Waals surface area (Å²) in [6.45, 7) is 1.44. The van der Waals surface area contributed by atoms with Gasteiger partial charge in [0.05, 0.1) is 0 Å². The predicted molar refractivity (Wildman–Crippen MR) is 97.1 cm³/mol. The number of carbonyl (C=O) groups excluding carboxylic acids is 1. The molecule has 1 nitrogen and oxygen atoms in total. The minimum atomic E-state index is -2.14. The molecule has 0 saturated carbocycles. The van der Waals surface area contributed by atoms with Crippen LogP contribution in [0.15, 0.2) is 91.0 Å². The van der Waals surface area contributed by atoms with Crippen LogP contribution in [0.3, 0.4) is 0 Å². The molecule has 0 fully saturated rings. The Labute approximate surface area is 139 Å². The summed E-state index contributed by atoms with van der Waals surface area (Å²) in [7, 11) is 0. The van der Waals surface area contributed by atoms with Crippen molar-refractivity contribution in [1.29, 1.82) is 0 Å². The van der Waals surface area contributed by atoms with Gasteiger partial charge in [-0.25, -0.2) is 0 Å². The van der Waals surface area contributed by atoms with E-state index in [4.69, 9.17) is 4.79 Å². The van der Waals surface area contributed by atoms with Crippen LogP contribution in [-0.2, 0) is 4.79 Å². The van der Waals surface area contributed by atoms with Crippen molar-refractivity contribution >= 4 is 36.8 Å². The van der Waals surface area contributed by atoms with Crippen molar-refractivity contribution in [2.75, 3.05) is 0 Å². The molecule has 3 rings (SSSR count). The molecule has 110 valence electrons. The van der Waals surface area contributed by atoms with E-state index < -0.39 is 19.8 Å². The summed E-state index contributed by atoms with van der Waals surface area (Å²) >= 11 is -2.14. The topological polar surface area (TPSA) is 17.1 Å². The molecule has 0 unspecified atom stereocenters. The van der Waals surface area contributed by atoms with E-state index >= 15 is 0 Å². The molecule has 0 N–H and O–H groups in total. The average Bonchev–Trinajstić information content (AvgIpc) is 2.59. The molecule has 0 bridgehead atoms. The zero-order chi connectivity index (χ0) is 15.6. The van der Waals surface area contributed by atoms with Gasteiger partial charge in [-0.05, 0) is 6.92 Å². The Balaban J connectivity index is 0.000000545. The van der Waals surface area contributed by atoms with Crippen LogP contribution in [0.2, 0.25) is 0 Å². The van der Waals surface area contributed by atoms with Gasteiger partial charge in [0.15, 0.2) is 0 Å². The fourth-order valence-electron chi connectivity index (χ4n) is 2.51. The van der Waals surface area contributed by atoms with Gasteiger partial charge in [0.1, 0.15) is 6.29 Å². The van der Waals surface area contributed by atoms with Crippen molar-refractivity contribution in [3.63, 3.8) is 0 Å². The summed E-state index contributed by atoms with van der Waals surface area (Å²) in [6.07, 6.45) is 0.750. The monoisotopic (exact) mass is 396 g/mol. The van der Waals surface area contributed by atoms with Gasteiger partial charge in [0, 0.05) is 0 Å². The van der Waals surface area contributed by atoms with Crippen molar-refractivity contribution in [3.8, 4) is 0 Å². The molecular weight excluding hydrogens is 375 g/mol. The van der Waals surface area contributed by atoms with Crippen LogP contribution < -0.4 is 10.7 Å². The van der Waals surface area contributed by atoms with E-state index in [0.29, 0.717) is 0 Å². The molecule has 0 aliphatic rings. The molecule has 3 aromatic rings. The molecule has 2 heteroatoms. The summed E-state index contributed by atoms with van der Waals surface area (Å²) in [5, 5.41) is 0. The van der Waals surface area contributed by atoms with Crippen LogP contribution >= 0.6 is 0 Å². The average molecular weight is 395 g/mol. The number of rotatable bonds is 3. The number of aldehydes is 1. The van der Waals surface area contributed by atoms with E-state index in [9.17, 15) is 0 Å². The first-order valence-electron chi connectivity index (χ1n) is 7.41. The summed E-state index contributed by atoms with van der Waals surface area (Å²) in [6, 6.07) is 33.0. The molecule has 0 aromatic heterocycles. The van der Waals surface area contributed by atoms with Crippen LogP contribution in [0.4, 0.5) is 0 Å². The Morgan fingerprint density at radius 3 is 1.05 bits per heavy atom. The first-order chi connectivity index (χ1) is 10.9. The predicted octanol–water partition coefficient (Wildman–Crippen LogP) is 2.14. The second-order valence-corrected chi connectivity index (χ2v) is 13.1. The van der Waals surface area contributed by atoms with Crippen molar-refractivity contribution in [2.24, 2.45) is 0 Å². The van der Waals surface area contributed by atoms with E-state index in [1.54, 1.807) is 10.7 Å². The van der Waals surface area contributed by atoms with Gasteiger partial charge in [-0.1, -0.05) is 0 Å². The number of hydrogen-bond donors (Lipinski definition) is 0. The number of hydrogen-bond acceptors (Lipinski definition) is 1. The van der Waals surface area contributed by atoms with E-state index in [1.807, 2.05) is 0 Å². The summed E-state index contributed by atoms with van der Waals surface area (Å²) in [5.74, 6) is 0. The molecule has 0 amide bonds. The zero-order valence-electron chi connectivity index (χ0n) is 12.7. The molecule has 0 aliphatic carbocycles. The third kappa shape index (κ3) is 4.57. The standard InChI is InChI=1S/3C6H5.C2H4O.Sn.H/c3*1-2-4-6-5-3-1;1-2-3;;/h3*1-5H;2H,1H3;;. The summed E-state index contributed by atoms with van der Waals surface area (Å²) < 4.78 is 4.63. The van der Waals surface area contributed by atoms with Gasteiger partial charge < -0.3 is 4.79 Å². The van der Waals surface area contributed by atoms with E-state index in [0.717, 1.165) is 6.29 Å². The molecule has 0 atom stereocenters. The minimum absolute atomic E-state index is 0.750. The second-order valence-electron chi connectivity index (χ2n) is 4.90. The van der Waals surface area contributed by atoms with Crippen LogP contribution in [0, 0.1) is 0 Å². The van der Waals surface area contributed by atoms with E-state index in [2.05, 4.69) is 91.0 Å². The van der Waals surface area contributed by atoms with Gasteiger partial charge in [-0.3, -0.25) is 0 Å². The fourth-order valence-corrected chi connectivity index (χ4v) is 11.0. The SMILES string of the molecule is CC=O.c1cc[c]([SnH]([c]2ccccc2)[c]2ccccc2)cc1. The van der Waals surface area contributed by atoms with Gasteiger partial charge in [-0.15, -0.1) is 0 Å². The van der Waals surface area contributed by atoms with Crippen molar-refractivity contribution < 1.29 is 4.79 Å². The van der Waals surface area contributed by atoms with Crippen LogP contribution in [0.1, 0.15) is 6.92 Å². The van der Waals surface area contributed by atoms with Crippen molar-refractivity contribution in [3.05, 3.63) is 91.0 Å². The molecule has 0 aliphatic heterocycles. The third-order valence-electron chi connectivity index (χ3n) is 3.40. The van der Waals surface area contributed by atoms with Gasteiger partial charge in [-0.2, -0.15) is 0 Å². The first-order valence-corrected chi connectivity index (χ1v) is 12.4. The molecule has 0 saturated heterocycles. The van der Waals surface area contributed by atoms with Crippen LogP contribution in [0.5, 0.6) is 0 Å². The summed E-state index contributed by atoms with van der Waals surface area (Å²) in [5.41, 5.74) is 0. The van der Waals surface area contributed by atoms with Crippen molar-refractivity contribution in [2.45, 2.75) is 6.92 Å². The molecule has 0 radical (unpaired) electrons. The zero-order valence-corrected chi connectivity index (χ0v) is 16.0. The molecular formula is C20H20OSn. The van der Waals surface area contributed by atoms with Crippen LogP contribution in [-0.4, -0.2) is 26.0 Å². The van der Waals surface area contributed by atoms with Gasteiger partial charge in [0.25, 0.3) is 0 Å². The van der Waals surface area contributed by atoms with E-state index in [-0.39, 0.29) is 0 Å². The molecule has 3 aromatic carbocycles. The maximum atomic E-state index is 8.81. The van der Waals surface area contributed by atoms with Gasteiger partial charge >= 0.3 is 121 Å². The van der Waals surface area contributed by atoms with E-state index in [1.165, 1.54) is 6.92 Å². The Bertz CT molecular complexity index is 572. The molecule has 0 heterocycles. The van der Waals surface area contributed by atoms with Crippen molar-refractivity contribution in [1.82, 2.24) is 0 Å². The Morgan fingerprint density at radius 1 is 0.591 bits per heavy atom. The Hall–Kier alpha value is -1.87. The molecule has 22 heavy (non-hydrogen) atoms. The van der Waals surface area contributed by atoms with Gasteiger partial charge in [0.2, 0.25) is 0 Å². The molecule has 0 spiro atoms. The Morgan fingerprint density at radius 2 is 0.818 bits per heavy atom. The third-order valence-corrected chi connectivity index (χ3v) is 12.4. The quantitative estimate of drug-likeness (QED) is 0.491. The fraction of sp³-hybridized carbons (Fsp3) is 0.0500. The number of carbonyl (C=O) groups is 1. The maximum absolute atomic E-state index is 8.81. The van der Waals surface area contributed by atoms with Crippen LogP contribution in [0.25, 0.3) is 0 Å². The Kier molecular flexibility index (Phi) is 6.91.